The van der Waals surface area contributed by atoms with Gasteiger partial charge in [-0.15, -0.1) is 0 Å². The summed E-state index contributed by atoms with van der Waals surface area (Å²) >= 11 is 0. The van der Waals surface area contributed by atoms with E-state index in [1.807, 2.05) is 0 Å². The lowest BCUT2D eigenvalue weighted by atomic mass is 10.0. The number of hydrogen-bond donors (Lipinski definition) is 2. The van der Waals surface area contributed by atoms with E-state index >= 15 is 0 Å². The van der Waals surface area contributed by atoms with Crippen LogP contribution in [0.4, 0.5) is 0 Å². The number of rotatable bonds is 5. The van der Waals surface area contributed by atoms with Gasteiger partial charge >= 0.3 is 0 Å². The first-order valence-corrected chi connectivity index (χ1v) is 8.45. The van der Waals surface area contributed by atoms with Crippen LogP contribution < -0.4 is 24.8 Å². The van der Waals surface area contributed by atoms with Gasteiger partial charge in [0.25, 0.3) is 5.91 Å². The van der Waals surface area contributed by atoms with Gasteiger partial charge in [0.2, 0.25) is 17.6 Å². The van der Waals surface area contributed by atoms with Crippen LogP contribution in [0.25, 0.3) is 0 Å². The summed E-state index contributed by atoms with van der Waals surface area (Å²) in [6.45, 7) is 0. The van der Waals surface area contributed by atoms with Crippen molar-refractivity contribution in [1.82, 2.24) is 15.6 Å². The molecule has 3 rings (SSSR count). The lowest BCUT2D eigenvalue weighted by Crippen LogP contribution is -2.47. The van der Waals surface area contributed by atoms with E-state index in [-0.39, 0.29) is 18.3 Å². The number of nitrogens with one attached hydrogen (secondary N) is 2. The van der Waals surface area contributed by atoms with Crippen molar-refractivity contribution >= 4 is 17.8 Å². The van der Waals surface area contributed by atoms with Crippen molar-refractivity contribution in [2.24, 2.45) is 4.99 Å². The molecule has 0 bridgehead atoms. The summed E-state index contributed by atoms with van der Waals surface area (Å²) in [4.78, 5) is 32.9. The van der Waals surface area contributed by atoms with E-state index in [1.165, 1.54) is 27.5 Å². The van der Waals surface area contributed by atoms with Gasteiger partial charge in [-0.3, -0.25) is 25.2 Å². The Balaban J connectivity index is 1.93. The summed E-state index contributed by atoms with van der Waals surface area (Å²) in [6.07, 6.45) is 3.09. The number of carbonyl (C=O) groups excluding carboxylic acids is 2. The van der Waals surface area contributed by atoms with Gasteiger partial charge in [0.05, 0.1) is 39.4 Å². The minimum absolute atomic E-state index is 0.0620. The number of methoxy groups -OCH3 is 3. The second kappa shape index (κ2) is 8.38. The normalized spacial score (nSPS) is 15.9. The van der Waals surface area contributed by atoms with E-state index in [2.05, 4.69) is 20.6 Å². The molecule has 1 aliphatic heterocycles. The number of benzene rings is 1. The Labute approximate surface area is 161 Å². The summed E-state index contributed by atoms with van der Waals surface area (Å²) in [5.74, 6) is 0.683. The Hall–Kier alpha value is -3.62. The highest BCUT2D eigenvalue weighted by molar-refractivity contribution is 6.10. The Morgan fingerprint density at radius 1 is 1.14 bits per heavy atom. The zero-order chi connectivity index (χ0) is 20.1. The van der Waals surface area contributed by atoms with E-state index in [0.29, 0.717) is 28.4 Å². The topological polar surface area (TPSA) is 111 Å². The highest BCUT2D eigenvalue weighted by atomic mass is 16.5. The highest BCUT2D eigenvalue weighted by Gasteiger charge is 2.28. The fraction of sp³-hybridized carbons (Fsp3) is 0.263. The van der Waals surface area contributed by atoms with Gasteiger partial charge in [0.15, 0.2) is 11.5 Å². The minimum Gasteiger partial charge on any atom is -0.493 e. The van der Waals surface area contributed by atoms with Gasteiger partial charge in [0.1, 0.15) is 0 Å². The molecule has 0 unspecified atom stereocenters. The van der Waals surface area contributed by atoms with Crippen molar-refractivity contribution in [2.75, 3.05) is 21.3 Å². The van der Waals surface area contributed by atoms with Gasteiger partial charge in [-0.1, -0.05) is 0 Å². The molecular weight excluding hydrogens is 364 g/mol. The number of amides is 2. The van der Waals surface area contributed by atoms with Gasteiger partial charge < -0.3 is 14.2 Å². The maximum atomic E-state index is 12.3. The van der Waals surface area contributed by atoms with Crippen LogP contribution in [0.15, 0.2) is 41.7 Å². The lowest BCUT2D eigenvalue weighted by Gasteiger charge is -2.24. The van der Waals surface area contributed by atoms with E-state index in [0.717, 1.165) is 0 Å². The molecule has 2 N–H and O–H groups in total. The van der Waals surface area contributed by atoms with E-state index in [4.69, 9.17) is 14.2 Å². The van der Waals surface area contributed by atoms with Crippen LogP contribution in [-0.2, 0) is 4.79 Å². The Morgan fingerprint density at radius 3 is 2.57 bits per heavy atom. The number of aliphatic imine (C=N–C) groups is 1. The molecule has 1 aliphatic rings. The summed E-state index contributed by atoms with van der Waals surface area (Å²) in [6, 6.07) is 6.17. The molecule has 9 heteroatoms. The zero-order valence-corrected chi connectivity index (χ0v) is 15.7. The first-order chi connectivity index (χ1) is 13.6. The van der Waals surface area contributed by atoms with E-state index in [9.17, 15) is 9.59 Å². The first-order valence-electron chi connectivity index (χ1n) is 8.45. The molecule has 2 amide bonds. The monoisotopic (exact) mass is 384 g/mol. The molecule has 0 radical (unpaired) electrons. The average molecular weight is 384 g/mol. The minimum atomic E-state index is -0.562. The second-order valence-corrected chi connectivity index (χ2v) is 5.87. The van der Waals surface area contributed by atoms with Gasteiger partial charge in [0, 0.05) is 18.0 Å². The lowest BCUT2D eigenvalue weighted by molar-refractivity contribution is -0.120. The van der Waals surface area contributed by atoms with Crippen molar-refractivity contribution < 1.29 is 23.8 Å². The van der Waals surface area contributed by atoms with Gasteiger partial charge in [-0.2, -0.15) is 0 Å². The smallest absolute Gasteiger partial charge is 0.259 e. The SMILES string of the molecule is COc1ccc([C@H]2CC(=O)NC(NC(=O)c3cccnc3)=N2)c(OC)c1OC. The summed E-state index contributed by atoms with van der Waals surface area (Å²) < 4.78 is 16.2. The fourth-order valence-corrected chi connectivity index (χ4v) is 2.90. The number of guanidine groups is 1. The fourth-order valence-electron chi connectivity index (χ4n) is 2.90. The third-order valence-electron chi connectivity index (χ3n) is 4.17. The zero-order valence-electron chi connectivity index (χ0n) is 15.7. The molecule has 1 atom stereocenters. The Bertz CT molecular complexity index is 914. The largest absolute Gasteiger partial charge is 0.493 e. The molecule has 0 saturated carbocycles. The third kappa shape index (κ3) is 3.88. The molecular formula is C19H20N4O5. The Morgan fingerprint density at radius 2 is 1.93 bits per heavy atom. The van der Waals surface area contributed by atoms with Crippen LogP contribution in [0, 0.1) is 0 Å². The standard InChI is InChI=1S/C19H20N4O5/c1-26-14-7-6-12(16(27-2)17(14)28-3)13-9-15(24)22-19(21-13)23-18(25)11-5-4-8-20-10-11/h4-8,10,13H,9H2,1-3H3,(H2,21,22,23,24,25)/t13-/m1/s1. The molecule has 146 valence electrons. The summed E-state index contributed by atoms with van der Waals surface area (Å²) in [7, 11) is 4.52. The van der Waals surface area contributed by atoms with Crippen LogP contribution >= 0.6 is 0 Å². The molecule has 1 aromatic carbocycles. The second-order valence-electron chi connectivity index (χ2n) is 5.87. The van der Waals surface area contributed by atoms with Crippen LogP contribution in [0.3, 0.4) is 0 Å². The average Bonchev–Trinajstić information content (AvgIpc) is 2.72. The van der Waals surface area contributed by atoms with Crippen LogP contribution in [0.2, 0.25) is 0 Å². The molecule has 0 saturated heterocycles. The number of carbonyl (C=O) groups is 2. The van der Waals surface area contributed by atoms with Gasteiger partial charge in [-0.05, 0) is 24.3 Å². The number of hydrogen-bond acceptors (Lipinski definition) is 7. The highest BCUT2D eigenvalue weighted by Crippen LogP contribution is 2.43. The van der Waals surface area contributed by atoms with Crippen molar-refractivity contribution in [3.63, 3.8) is 0 Å². The van der Waals surface area contributed by atoms with Gasteiger partial charge in [-0.25, -0.2) is 4.99 Å². The molecule has 9 nitrogen and oxygen atoms in total. The molecule has 1 aromatic heterocycles. The molecule has 0 spiro atoms. The van der Waals surface area contributed by atoms with Crippen LogP contribution in [-0.4, -0.2) is 44.1 Å². The Kier molecular flexibility index (Phi) is 5.73. The molecule has 0 fully saturated rings. The number of aromatic nitrogens is 1. The predicted molar refractivity (Wildman–Crippen MR) is 101 cm³/mol. The third-order valence-corrected chi connectivity index (χ3v) is 4.17. The van der Waals surface area contributed by atoms with Crippen molar-refractivity contribution in [3.8, 4) is 17.2 Å². The van der Waals surface area contributed by atoms with Crippen LogP contribution in [0.5, 0.6) is 17.2 Å². The van der Waals surface area contributed by atoms with E-state index < -0.39 is 11.9 Å². The maximum absolute atomic E-state index is 12.3. The number of ether oxygens (including phenoxy) is 3. The first kappa shape index (κ1) is 19.2. The maximum Gasteiger partial charge on any atom is 0.259 e. The molecule has 28 heavy (non-hydrogen) atoms. The predicted octanol–water partition coefficient (Wildman–Crippen LogP) is 1.45. The number of nitrogens with zero attached hydrogens (tertiary/aromatic N) is 2. The summed E-state index contributed by atoms with van der Waals surface area (Å²) in [5.41, 5.74) is 0.994. The van der Waals surface area contributed by atoms with Crippen molar-refractivity contribution in [2.45, 2.75) is 12.5 Å². The number of pyridine rings is 1. The quantitative estimate of drug-likeness (QED) is 0.807. The van der Waals surface area contributed by atoms with E-state index in [1.54, 1.807) is 30.5 Å². The van der Waals surface area contributed by atoms with Crippen molar-refractivity contribution in [1.29, 1.82) is 0 Å². The summed E-state index contributed by atoms with van der Waals surface area (Å²) in [5, 5.41) is 5.16. The molecule has 2 heterocycles. The molecule has 0 aliphatic carbocycles. The van der Waals surface area contributed by atoms with Crippen LogP contribution in [0.1, 0.15) is 28.4 Å². The molecule has 2 aromatic rings. The van der Waals surface area contributed by atoms with Crippen molar-refractivity contribution in [3.05, 3.63) is 47.8 Å².